The summed E-state index contributed by atoms with van der Waals surface area (Å²) >= 11 is 1.38. The van der Waals surface area contributed by atoms with Gasteiger partial charge in [-0.2, -0.15) is 0 Å². The third-order valence-electron chi connectivity index (χ3n) is 4.90. The van der Waals surface area contributed by atoms with Gasteiger partial charge in [0.15, 0.2) is 6.29 Å². The monoisotopic (exact) mass is 415 g/mol. The zero-order chi connectivity index (χ0) is 20.2. The van der Waals surface area contributed by atoms with Crippen molar-refractivity contribution in [2.24, 2.45) is 5.11 Å². The van der Waals surface area contributed by atoms with E-state index in [0.717, 1.165) is 16.2 Å². The first-order chi connectivity index (χ1) is 14.2. The SMILES string of the molecule is COc1ccc(C2OCC3OC(Sc4ccccc4)C(O)C(N=[N+]=[N-])C3O2)cc1. The Kier molecular flexibility index (Phi) is 6.25. The van der Waals surface area contributed by atoms with Crippen LogP contribution in [0.3, 0.4) is 0 Å². The molecule has 4 rings (SSSR count). The minimum absolute atomic E-state index is 0.261. The maximum Gasteiger partial charge on any atom is 0.184 e. The van der Waals surface area contributed by atoms with Gasteiger partial charge in [0.2, 0.25) is 0 Å². The molecule has 0 aliphatic carbocycles. The lowest BCUT2D eigenvalue weighted by atomic mass is 9.97. The van der Waals surface area contributed by atoms with Crippen LogP contribution in [0.1, 0.15) is 11.9 Å². The first-order valence-electron chi connectivity index (χ1n) is 9.20. The molecule has 2 heterocycles. The van der Waals surface area contributed by atoms with E-state index in [-0.39, 0.29) is 6.61 Å². The summed E-state index contributed by atoms with van der Waals surface area (Å²) in [5, 5.41) is 14.7. The number of fused-ring (bicyclic) bond motifs is 1. The Bertz CT molecular complexity index is 862. The molecule has 8 nitrogen and oxygen atoms in total. The largest absolute Gasteiger partial charge is 0.497 e. The molecule has 2 aliphatic rings. The maximum atomic E-state index is 10.8. The lowest BCUT2D eigenvalue weighted by molar-refractivity contribution is -0.297. The van der Waals surface area contributed by atoms with Crippen molar-refractivity contribution in [2.45, 2.75) is 41.0 Å². The van der Waals surface area contributed by atoms with Crippen molar-refractivity contribution in [3.8, 4) is 5.75 Å². The van der Waals surface area contributed by atoms with Gasteiger partial charge in [0.1, 0.15) is 29.5 Å². The van der Waals surface area contributed by atoms with E-state index in [4.69, 9.17) is 24.5 Å². The standard InChI is InChI=1S/C20H21N3O5S/c1-25-13-9-7-12(8-10-13)19-26-11-15-18(28-19)16(22-23-21)17(24)20(27-15)29-14-5-3-2-4-6-14/h2-10,15-20,24H,11H2,1H3. The molecule has 0 saturated carbocycles. The molecule has 6 unspecified atom stereocenters. The normalized spacial score (nSPS) is 31.4. The van der Waals surface area contributed by atoms with E-state index < -0.39 is 36.1 Å². The number of nitrogens with zero attached hydrogens (tertiary/aromatic N) is 3. The van der Waals surface area contributed by atoms with Crippen LogP contribution in [0.25, 0.3) is 10.4 Å². The fourth-order valence-corrected chi connectivity index (χ4v) is 4.51. The van der Waals surface area contributed by atoms with E-state index in [1.807, 2.05) is 54.6 Å². The van der Waals surface area contributed by atoms with Crippen molar-refractivity contribution in [1.82, 2.24) is 0 Å². The van der Waals surface area contributed by atoms with Crippen LogP contribution in [0.2, 0.25) is 0 Å². The number of ether oxygens (including phenoxy) is 4. The Morgan fingerprint density at radius 2 is 1.90 bits per heavy atom. The maximum absolute atomic E-state index is 10.8. The van der Waals surface area contributed by atoms with Crippen LogP contribution < -0.4 is 4.74 Å². The second-order valence-electron chi connectivity index (χ2n) is 6.70. The summed E-state index contributed by atoms with van der Waals surface area (Å²) in [7, 11) is 1.60. The molecule has 152 valence electrons. The number of aliphatic hydroxyl groups is 1. The minimum Gasteiger partial charge on any atom is -0.497 e. The van der Waals surface area contributed by atoms with Crippen molar-refractivity contribution in [2.75, 3.05) is 13.7 Å². The third kappa shape index (κ3) is 4.35. The smallest absolute Gasteiger partial charge is 0.184 e. The molecule has 9 heteroatoms. The fraction of sp³-hybridized carbons (Fsp3) is 0.400. The second kappa shape index (κ2) is 9.04. The number of aliphatic hydroxyl groups excluding tert-OH is 1. The summed E-state index contributed by atoms with van der Waals surface area (Å²) in [5.41, 5.74) is 9.25. The van der Waals surface area contributed by atoms with Crippen molar-refractivity contribution in [1.29, 1.82) is 0 Å². The average molecular weight is 415 g/mol. The molecule has 0 radical (unpaired) electrons. The van der Waals surface area contributed by atoms with Crippen LogP contribution in [0.15, 0.2) is 64.6 Å². The summed E-state index contributed by atoms with van der Waals surface area (Å²) in [4.78, 5) is 3.87. The molecule has 2 aromatic carbocycles. The molecule has 2 aromatic rings. The number of hydrogen-bond acceptors (Lipinski definition) is 7. The summed E-state index contributed by atoms with van der Waals surface area (Å²) < 4.78 is 23.2. The first kappa shape index (κ1) is 20.0. The van der Waals surface area contributed by atoms with Gasteiger partial charge in [0, 0.05) is 15.4 Å². The number of benzene rings is 2. The van der Waals surface area contributed by atoms with Crippen molar-refractivity contribution in [3.05, 3.63) is 70.6 Å². The Balaban J connectivity index is 1.52. The Morgan fingerprint density at radius 3 is 2.59 bits per heavy atom. The van der Waals surface area contributed by atoms with Crippen molar-refractivity contribution in [3.63, 3.8) is 0 Å². The molecule has 6 atom stereocenters. The summed E-state index contributed by atoms with van der Waals surface area (Å²) in [6.07, 6.45) is -2.74. The quantitative estimate of drug-likeness (QED) is 0.454. The number of hydrogen-bond donors (Lipinski definition) is 1. The van der Waals surface area contributed by atoms with Crippen molar-refractivity contribution < 1.29 is 24.1 Å². The van der Waals surface area contributed by atoms with Crippen LogP contribution in [0.5, 0.6) is 5.75 Å². The van der Waals surface area contributed by atoms with Crippen LogP contribution in [-0.2, 0) is 14.2 Å². The highest BCUT2D eigenvalue weighted by Crippen LogP contribution is 2.40. The molecule has 2 saturated heterocycles. The number of rotatable bonds is 5. The van der Waals surface area contributed by atoms with Gasteiger partial charge in [-0.1, -0.05) is 47.2 Å². The van der Waals surface area contributed by atoms with Gasteiger partial charge in [-0.05, 0) is 29.8 Å². The zero-order valence-corrected chi connectivity index (χ0v) is 16.5. The first-order valence-corrected chi connectivity index (χ1v) is 10.1. The van der Waals surface area contributed by atoms with Crippen molar-refractivity contribution >= 4 is 11.8 Å². The highest BCUT2D eigenvalue weighted by Gasteiger charge is 2.49. The Hall–Kier alpha value is -2.26. The summed E-state index contributed by atoms with van der Waals surface area (Å²) in [6.45, 7) is 0.261. The molecule has 0 bridgehead atoms. The number of azide groups is 1. The van der Waals surface area contributed by atoms with Gasteiger partial charge in [-0.3, -0.25) is 0 Å². The van der Waals surface area contributed by atoms with E-state index in [2.05, 4.69) is 10.0 Å². The molecule has 0 amide bonds. The molecular weight excluding hydrogens is 394 g/mol. The predicted octanol–water partition coefficient (Wildman–Crippen LogP) is 3.67. The van der Waals surface area contributed by atoms with E-state index in [0.29, 0.717) is 0 Å². The van der Waals surface area contributed by atoms with Crippen LogP contribution in [-0.4, -0.2) is 48.6 Å². The van der Waals surface area contributed by atoms with E-state index in [9.17, 15) is 5.11 Å². The molecule has 1 N–H and O–H groups in total. The van der Waals surface area contributed by atoms with Crippen LogP contribution >= 0.6 is 11.8 Å². The van der Waals surface area contributed by atoms with Gasteiger partial charge in [0.05, 0.1) is 19.8 Å². The highest BCUT2D eigenvalue weighted by molar-refractivity contribution is 7.99. The molecule has 2 fully saturated rings. The van der Waals surface area contributed by atoms with Gasteiger partial charge in [-0.25, -0.2) is 0 Å². The average Bonchev–Trinajstić information content (AvgIpc) is 2.77. The fourth-order valence-electron chi connectivity index (χ4n) is 3.43. The molecular formula is C20H21N3O5S. The zero-order valence-electron chi connectivity index (χ0n) is 15.7. The highest BCUT2D eigenvalue weighted by atomic mass is 32.2. The molecule has 2 aliphatic heterocycles. The van der Waals surface area contributed by atoms with Gasteiger partial charge in [-0.15, -0.1) is 0 Å². The van der Waals surface area contributed by atoms with Crippen LogP contribution in [0, 0.1) is 0 Å². The molecule has 0 spiro atoms. The molecule has 29 heavy (non-hydrogen) atoms. The second-order valence-corrected chi connectivity index (χ2v) is 7.87. The van der Waals surface area contributed by atoms with Gasteiger partial charge < -0.3 is 24.1 Å². The van der Waals surface area contributed by atoms with E-state index in [1.165, 1.54) is 11.8 Å². The lowest BCUT2D eigenvalue weighted by Gasteiger charge is -2.46. The molecule has 0 aromatic heterocycles. The number of methoxy groups -OCH3 is 1. The number of thioether (sulfide) groups is 1. The van der Waals surface area contributed by atoms with Gasteiger partial charge >= 0.3 is 0 Å². The van der Waals surface area contributed by atoms with E-state index >= 15 is 0 Å². The summed E-state index contributed by atoms with van der Waals surface area (Å²) in [6, 6.07) is 16.2. The summed E-state index contributed by atoms with van der Waals surface area (Å²) in [5.74, 6) is 0.728. The van der Waals surface area contributed by atoms with Gasteiger partial charge in [0.25, 0.3) is 0 Å². The predicted molar refractivity (Wildman–Crippen MR) is 106 cm³/mol. The lowest BCUT2D eigenvalue weighted by Crippen LogP contribution is -2.60. The third-order valence-corrected chi connectivity index (χ3v) is 6.07. The minimum atomic E-state index is -1.02. The van der Waals surface area contributed by atoms with E-state index in [1.54, 1.807) is 7.11 Å². The topological polar surface area (TPSA) is 106 Å². The Morgan fingerprint density at radius 1 is 1.14 bits per heavy atom. The Labute approximate surface area is 172 Å². The van der Waals surface area contributed by atoms with Crippen LogP contribution in [0.4, 0.5) is 0 Å².